The Kier molecular flexibility index (Phi) is 7.63. The van der Waals surface area contributed by atoms with Crippen LogP contribution in [-0.2, 0) is 9.53 Å². The van der Waals surface area contributed by atoms with Crippen molar-refractivity contribution in [3.63, 3.8) is 0 Å². The Hall–Kier alpha value is -0.610. The molecule has 0 saturated carbocycles. The van der Waals surface area contributed by atoms with Crippen LogP contribution >= 0.6 is 0 Å². The molecular weight excluding hydrogens is 170 g/mol. The number of carbonyl (C=O) groups is 1. The molecule has 0 unspecified atom stereocenters. The summed E-state index contributed by atoms with van der Waals surface area (Å²) in [6, 6.07) is 0. The van der Waals surface area contributed by atoms with Crippen molar-refractivity contribution in [2.75, 3.05) is 19.8 Å². The maximum atomic E-state index is 10.5. The Bertz CT molecular complexity index is 139. The lowest BCUT2D eigenvalue weighted by atomic mass is 10.3. The van der Waals surface area contributed by atoms with E-state index in [1.807, 2.05) is 0 Å². The van der Waals surface area contributed by atoms with E-state index < -0.39 is 6.10 Å². The van der Waals surface area contributed by atoms with Gasteiger partial charge in [-0.3, -0.25) is 4.79 Å². The van der Waals surface area contributed by atoms with Crippen LogP contribution in [-0.4, -0.2) is 36.9 Å². The van der Waals surface area contributed by atoms with Gasteiger partial charge in [-0.15, -0.1) is 0 Å². The fraction of sp³-hybridized carbons (Fsp3) is 0.889. The van der Waals surface area contributed by atoms with E-state index in [4.69, 9.17) is 4.74 Å². The maximum absolute atomic E-state index is 10.5. The highest BCUT2D eigenvalue weighted by Gasteiger charge is 2.03. The predicted octanol–water partition coefficient (Wildman–Crippen LogP) is 0.300. The molecule has 0 aliphatic rings. The van der Waals surface area contributed by atoms with Gasteiger partial charge >= 0.3 is 0 Å². The van der Waals surface area contributed by atoms with Gasteiger partial charge in [-0.1, -0.05) is 13.3 Å². The summed E-state index contributed by atoms with van der Waals surface area (Å²) in [4.78, 5) is 10.5. The molecule has 78 valence electrons. The Balaban J connectivity index is 3.19. The molecular formula is C9H19NO3. The normalized spacial score (nSPS) is 12.5. The lowest BCUT2D eigenvalue weighted by Crippen LogP contribution is -2.33. The van der Waals surface area contributed by atoms with Crippen molar-refractivity contribution in [3.05, 3.63) is 0 Å². The first kappa shape index (κ1) is 12.4. The van der Waals surface area contributed by atoms with Gasteiger partial charge in [-0.2, -0.15) is 0 Å². The van der Waals surface area contributed by atoms with Crippen molar-refractivity contribution in [2.45, 2.75) is 32.8 Å². The topological polar surface area (TPSA) is 58.6 Å². The van der Waals surface area contributed by atoms with Gasteiger partial charge in [0.2, 0.25) is 5.91 Å². The molecule has 0 radical (unpaired) electrons. The highest BCUT2D eigenvalue weighted by molar-refractivity contribution is 5.72. The molecule has 0 spiro atoms. The van der Waals surface area contributed by atoms with Crippen LogP contribution in [0.2, 0.25) is 0 Å². The Morgan fingerprint density at radius 1 is 1.62 bits per heavy atom. The minimum atomic E-state index is -0.597. The van der Waals surface area contributed by atoms with Crippen LogP contribution in [0.5, 0.6) is 0 Å². The third-order valence-corrected chi connectivity index (χ3v) is 1.54. The van der Waals surface area contributed by atoms with E-state index >= 15 is 0 Å². The highest BCUT2D eigenvalue weighted by atomic mass is 16.5. The maximum Gasteiger partial charge on any atom is 0.216 e. The van der Waals surface area contributed by atoms with Crippen LogP contribution in [0.3, 0.4) is 0 Å². The number of rotatable bonds is 7. The van der Waals surface area contributed by atoms with E-state index in [-0.39, 0.29) is 12.5 Å². The smallest absolute Gasteiger partial charge is 0.216 e. The fourth-order valence-corrected chi connectivity index (χ4v) is 0.786. The van der Waals surface area contributed by atoms with E-state index in [1.165, 1.54) is 6.92 Å². The highest BCUT2D eigenvalue weighted by Crippen LogP contribution is 1.90. The van der Waals surface area contributed by atoms with E-state index in [2.05, 4.69) is 12.2 Å². The van der Waals surface area contributed by atoms with Crippen molar-refractivity contribution in [1.82, 2.24) is 5.32 Å². The molecule has 0 aliphatic heterocycles. The third kappa shape index (κ3) is 9.30. The van der Waals surface area contributed by atoms with Gasteiger partial charge in [0.05, 0.1) is 12.7 Å². The number of amides is 1. The van der Waals surface area contributed by atoms with E-state index in [0.717, 1.165) is 12.8 Å². The van der Waals surface area contributed by atoms with Crippen molar-refractivity contribution in [1.29, 1.82) is 0 Å². The van der Waals surface area contributed by atoms with Crippen LogP contribution in [0.1, 0.15) is 26.7 Å². The van der Waals surface area contributed by atoms with E-state index in [1.54, 1.807) is 0 Å². The van der Waals surface area contributed by atoms with Gasteiger partial charge in [0.25, 0.3) is 0 Å². The molecule has 0 saturated heterocycles. The van der Waals surface area contributed by atoms with E-state index in [9.17, 15) is 9.90 Å². The van der Waals surface area contributed by atoms with Gasteiger partial charge in [-0.25, -0.2) is 0 Å². The molecule has 0 aromatic heterocycles. The Labute approximate surface area is 79.3 Å². The van der Waals surface area contributed by atoms with Gasteiger partial charge in [-0.05, 0) is 6.42 Å². The molecule has 4 nitrogen and oxygen atoms in total. The predicted molar refractivity (Wildman–Crippen MR) is 50.4 cm³/mol. The first-order valence-electron chi connectivity index (χ1n) is 4.67. The number of hydrogen-bond acceptors (Lipinski definition) is 3. The molecule has 0 aromatic carbocycles. The Morgan fingerprint density at radius 2 is 2.31 bits per heavy atom. The van der Waals surface area contributed by atoms with Gasteiger partial charge in [0, 0.05) is 20.1 Å². The molecule has 2 N–H and O–H groups in total. The zero-order valence-corrected chi connectivity index (χ0v) is 8.38. The summed E-state index contributed by atoms with van der Waals surface area (Å²) >= 11 is 0. The minimum Gasteiger partial charge on any atom is -0.389 e. The van der Waals surface area contributed by atoms with Crippen molar-refractivity contribution in [3.8, 4) is 0 Å². The van der Waals surface area contributed by atoms with E-state index in [0.29, 0.717) is 13.2 Å². The average Bonchev–Trinajstić information content (AvgIpc) is 2.09. The molecule has 0 aliphatic carbocycles. The number of hydrogen-bond donors (Lipinski definition) is 2. The monoisotopic (exact) mass is 189 g/mol. The summed E-state index contributed by atoms with van der Waals surface area (Å²) in [7, 11) is 0. The second-order valence-corrected chi connectivity index (χ2v) is 3.02. The summed E-state index contributed by atoms with van der Waals surface area (Å²) in [6.45, 7) is 4.73. The van der Waals surface area contributed by atoms with Crippen molar-refractivity contribution < 1.29 is 14.6 Å². The summed E-state index contributed by atoms with van der Waals surface area (Å²) in [5.41, 5.74) is 0. The number of carbonyl (C=O) groups excluding carboxylic acids is 1. The largest absolute Gasteiger partial charge is 0.389 e. The Morgan fingerprint density at radius 3 is 2.85 bits per heavy atom. The summed E-state index contributed by atoms with van der Waals surface area (Å²) in [6.07, 6.45) is 1.50. The van der Waals surface area contributed by atoms with Crippen LogP contribution in [0, 0.1) is 0 Å². The molecule has 4 heteroatoms. The number of unbranched alkanes of at least 4 members (excludes halogenated alkanes) is 1. The van der Waals surface area contributed by atoms with Crippen molar-refractivity contribution >= 4 is 5.91 Å². The van der Waals surface area contributed by atoms with Gasteiger partial charge in [0.15, 0.2) is 0 Å². The van der Waals surface area contributed by atoms with Crippen molar-refractivity contribution in [2.24, 2.45) is 0 Å². The number of aliphatic hydroxyl groups excluding tert-OH is 1. The quantitative estimate of drug-likeness (QED) is 0.566. The van der Waals surface area contributed by atoms with Crippen LogP contribution in [0.4, 0.5) is 0 Å². The summed E-state index contributed by atoms with van der Waals surface area (Å²) in [5, 5.41) is 11.8. The van der Waals surface area contributed by atoms with Crippen LogP contribution in [0.25, 0.3) is 0 Å². The first-order chi connectivity index (χ1) is 6.16. The average molecular weight is 189 g/mol. The molecule has 1 atom stereocenters. The number of aliphatic hydroxyl groups is 1. The molecule has 0 heterocycles. The molecule has 0 fully saturated rings. The zero-order chi connectivity index (χ0) is 10.1. The van der Waals surface area contributed by atoms with Crippen LogP contribution in [0.15, 0.2) is 0 Å². The molecule has 0 bridgehead atoms. The van der Waals surface area contributed by atoms with Gasteiger partial charge in [0.1, 0.15) is 0 Å². The molecule has 13 heavy (non-hydrogen) atoms. The lowest BCUT2D eigenvalue weighted by molar-refractivity contribution is -0.119. The molecule has 1 amide bonds. The summed E-state index contributed by atoms with van der Waals surface area (Å²) in [5.74, 6) is -0.132. The fourth-order valence-electron chi connectivity index (χ4n) is 0.786. The summed E-state index contributed by atoms with van der Waals surface area (Å²) < 4.78 is 5.17. The van der Waals surface area contributed by atoms with Gasteiger partial charge < -0.3 is 15.2 Å². The molecule has 0 aromatic rings. The number of ether oxygens (including phenoxy) is 1. The zero-order valence-electron chi connectivity index (χ0n) is 8.38. The SMILES string of the molecule is CCCCOC[C@H](O)CNC(C)=O. The second-order valence-electron chi connectivity index (χ2n) is 3.02. The number of nitrogens with one attached hydrogen (secondary N) is 1. The standard InChI is InChI=1S/C9H19NO3/c1-3-4-5-13-7-9(12)6-10-8(2)11/h9,12H,3-7H2,1-2H3,(H,10,11)/t9-/m1/s1. The third-order valence-electron chi connectivity index (χ3n) is 1.54. The first-order valence-corrected chi connectivity index (χ1v) is 4.67. The second kappa shape index (κ2) is 8.01. The van der Waals surface area contributed by atoms with Crippen LogP contribution < -0.4 is 5.32 Å². The minimum absolute atomic E-state index is 0.132. The molecule has 0 rings (SSSR count). The lowest BCUT2D eigenvalue weighted by Gasteiger charge is -2.10.